The second-order valence-electron chi connectivity index (χ2n) is 5.49. The number of hydrogen-bond acceptors (Lipinski definition) is 7. The lowest BCUT2D eigenvalue weighted by molar-refractivity contribution is -0.154. The number of carbonyl (C=O) groups is 3. The molecule has 0 aromatic heterocycles. The summed E-state index contributed by atoms with van der Waals surface area (Å²) in [6, 6.07) is -1.01. The first-order valence-corrected chi connectivity index (χ1v) is 7.11. The predicted octanol–water partition coefficient (Wildman–Crippen LogP) is -1.40. The van der Waals surface area contributed by atoms with Gasteiger partial charge in [0, 0.05) is 19.9 Å². The minimum atomic E-state index is -1.04. The first kappa shape index (κ1) is 15.0. The number of fused-ring (bicyclic) bond motifs is 3. The van der Waals surface area contributed by atoms with Crippen LogP contribution in [0.2, 0.25) is 0 Å². The van der Waals surface area contributed by atoms with E-state index in [1.165, 1.54) is 20.4 Å². The minimum Gasteiger partial charge on any atom is -0.465 e. The lowest BCUT2D eigenvalue weighted by Crippen LogP contribution is -2.71. The van der Waals surface area contributed by atoms with Gasteiger partial charge in [-0.05, 0) is 6.42 Å². The highest BCUT2D eigenvalue weighted by Gasteiger charge is 2.51. The smallest absolute Gasteiger partial charge is 0.343 e. The van der Waals surface area contributed by atoms with Gasteiger partial charge in [0.15, 0.2) is 0 Å². The molecule has 0 aromatic rings. The highest BCUT2D eigenvalue weighted by molar-refractivity contribution is 6.20. The average molecular weight is 310 g/mol. The Morgan fingerprint density at radius 3 is 2.86 bits per heavy atom. The van der Waals surface area contributed by atoms with Crippen LogP contribution in [0.1, 0.15) is 6.42 Å². The van der Waals surface area contributed by atoms with Crippen molar-refractivity contribution in [1.29, 1.82) is 0 Å². The second kappa shape index (κ2) is 5.69. The third-order valence-electron chi connectivity index (χ3n) is 4.37. The fraction of sp³-hybridized carbons (Fsp3) is 0.643. The minimum absolute atomic E-state index is 0.0710. The van der Waals surface area contributed by atoms with E-state index in [1.807, 2.05) is 0 Å². The Labute approximate surface area is 127 Å². The van der Waals surface area contributed by atoms with Gasteiger partial charge in [0.25, 0.3) is 0 Å². The Balaban J connectivity index is 2.03. The quantitative estimate of drug-likeness (QED) is 0.495. The zero-order chi connectivity index (χ0) is 15.9. The van der Waals surface area contributed by atoms with E-state index in [1.54, 1.807) is 4.90 Å². The van der Waals surface area contributed by atoms with E-state index in [0.29, 0.717) is 19.6 Å². The Bertz CT molecular complexity index is 545. The van der Waals surface area contributed by atoms with Gasteiger partial charge in [-0.2, -0.15) is 0 Å². The van der Waals surface area contributed by atoms with Crippen LogP contribution in [-0.4, -0.2) is 74.2 Å². The lowest BCUT2D eigenvalue weighted by atomic mass is 9.87. The third kappa shape index (κ3) is 2.19. The number of esters is 1. The molecular weight excluding hydrogens is 292 g/mol. The monoisotopic (exact) mass is 310 g/mol. The van der Waals surface area contributed by atoms with E-state index in [9.17, 15) is 14.4 Å². The van der Waals surface area contributed by atoms with Crippen molar-refractivity contribution >= 4 is 17.7 Å². The van der Waals surface area contributed by atoms with Crippen LogP contribution >= 0.6 is 0 Å². The molecule has 0 spiro atoms. The first-order valence-electron chi connectivity index (χ1n) is 7.11. The van der Waals surface area contributed by atoms with Crippen LogP contribution in [0.5, 0.6) is 0 Å². The Morgan fingerprint density at radius 2 is 2.18 bits per heavy atom. The van der Waals surface area contributed by atoms with Crippen LogP contribution < -0.4 is 5.32 Å². The zero-order valence-electron chi connectivity index (χ0n) is 12.4. The fourth-order valence-electron chi connectivity index (χ4n) is 3.27. The maximum atomic E-state index is 12.4. The molecule has 1 N–H and O–H groups in total. The van der Waals surface area contributed by atoms with Crippen molar-refractivity contribution in [1.82, 2.24) is 10.2 Å². The summed E-state index contributed by atoms with van der Waals surface area (Å²) >= 11 is 0. The molecule has 3 aliphatic rings. The summed E-state index contributed by atoms with van der Waals surface area (Å²) in [5.41, 5.74) is -0.107. The zero-order valence-corrected chi connectivity index (χ0v) is 12.4. The summed E-state index contributed by atoms with van der Waals surface area (Å²) in [6.45, 7) is 0.983. The summed E-state index contributed by atoms with van der Waals surface area (Å²) in [6.07, 6.45) is 1.06. The molecule has 3 rings (SSSR count). The summed E-state index contributed by atoms with van der Waals surface area (Å²) < 4.78 is 15.3. The van der Waals surface area contributed by atoms with Gasteiger partial charge in [0.2, 0.25) is 11.7 Å². The van der Waals surface area contributed by atoms with E-state index >= 15 is 0 Å². The SMILES string of the molecule is COC(=O)C1=CN2C3COCCC3NC(=O)C2C(OC)C1=O. The van der Waals surface area contributed by atoms with Gasteiger partial charge in [-0.25, -0.2) is 4.79 Å². The molecule has 4 unspecified atom stereocenters. The molecule has 0 saturated carbocycles. The van der Waals surface area contributed by atoms with E-state index < -0.39 is 23.9 Å². The third-order valence-corrected chi connectivity index (χ3v) is 4.37. The number of carbonyl (C=O) groups excluding carboxylic acids is 3. The summed E-state index contributed by atoms with van der Waals surface area (Å²) in [5, 5.41) is 2.92. The van der Waals surface area contributed by atoms with E-state index in [2.05, 4.69) is 10.1 Å². The molecule has 120 valence electrons. The molecular formula is C14H18N2O6. The topological polar surface area (TPSA) is 94.2 Å². The summed E-state index contributed by atoms with van der Waals surface area (Å²) in [7, 11) is 2.55. The van der Waals surface area contributed by atoms with Crippen LogP contribution in [0, 0.1) is 0 Å². The maximum absolute atomic E-state index is 12.4. The molecule has 3 aliphatic heterocycles. The molecule has 22 heavy (non-hydrogen) atoms. The maximum Gasteiger partial charge on any atom is 0.343 e. The molecule has 8 nitrogen and oxygen atoms in total. The van der Waals surface area contributed by atoms with Crippen LogP contribution in [-0.2, 0) is 28.6 Å². The summed E-state index contributed by atoms with van der Waals surface area (Å²) in [5.74, 6) is -1.55. The molecule has 1 amide bonds. The molecule has 4 atom stereocenters. The highest BCUT2D eigenvalue weighted by atomic mass is 16.5. The molecule has 8 heteroatoms. The second-order valence-corrected chi connectivity index (χ2v) is 5.49. The Hall–Kier alpha value is -1.93. The van der Waals surface area contributed by atoms with Crippen molar-refractivity contribution in [2.24, 2.45) is 0 Å². The van der Waals surface area contributed by atoms with Gasteiger partial charge in [-0.3, -0.25) is 9.59 Å². The number of ketones is 1. The largest absolute Gasteiger partial charge is 0.465 e. The number of methoxy groups -OCH3 is 2. The van der Waals surface area contributed by atoms with Gasteiger partial charge in [-0.1, -0.05) is 0 Å². The average Bonchev–Trinajstić information content (AvgIpc) is 2.54. The van der Waals surface area contributed by atoms with Crippen LogP contribution in [0.15, 0.2) is 11.8 Å². The van der Waals surface area contributed by atoms with Crippen LogP contribution in [0.25, 0.3) is 0 Å². The van der Waals surface area contributed by atoms with Gasteiger partial charge in [-0.15, -0.1) is 0 Å². The normalized spacial score (nSPS) is 34.3. The predicted molar refractivity (Wildman–Crippen MR) is 72.7 cm³/mol. The van der Waals surface area contributed by atoms with Gasteiger partial charge in [0.1, 0.15) is 17.7 Å². The first-order chi connectivity index (χ1) is 10.6. The van der Waals surface area contributed by atoms with Crippen molar-refractivity contribution in [2.45, 2.75) is 30.7 Å². The fourth-order valence-corrected chi connectivity index (χ4v) is 3.27. The van der Waals surface area contributed by atoms with Gasteiger partial charge in [0.05, 0.1) is 25.8 Å². The molecule has 2 saturated heterocycles. The van der Waals surface area contributed by atoms with Crippen molar-refractivity contribution < 1.29 is 28.6 Å². The van der Waals surface area contributed by atoms with Crippen LogP contribution in [0.4, 0.5) is 0 Å². The number of ether oxygens (including phenoxy) is 3. The van der Waals surface area contributed by atoms with Crippen LogP contribution in [0.3, 0.4) is 0 Å². The van der Waals surface area contributed by atoms with Crippen molar-refractivity contribution in [3.63, 3.8) is 0 Å². The van der Waals surface area contributed by atoms with E-state index in [0.717, 1.165) is 0 Å². The summed E-state index contributed by atoms with van der Waals surface area (Å²) in [4.78, 5) is 38.3. The molecule has 0 bridgehead atoms. The Kier molecular flexibility index (Phi) is 3.88. The molecule has 2 fully saturated rings. The number of piperazine rings is 1. The molecule has 0 radical (unpaired) electrons. The highest BCUT2D eigenvalue weighted by Crippen LogP contribution is 2.30. The molecule has 3 heterocycles. The number of hydrogen-bond donors (Lipinski definition) is 1. The van der Waals surface area contributed by atoms with E-state index in [-0.39, 0.29) is 23.6 Å². The standard InChI is InChI=1S/C14H18N2O6/c1-20-12-10-13(18)15-8-3-4-22-6-9(8)16(10)5-7(11(12)17)14(19)21-2/h5,8-10,12H,3-4,6H2,1-2H3,(H,15,18). The van der Waals surface area contributed by atoms with Crippen molar-refractivity contribution in [2.75, 3.05) is 27.4 Å². The van der Waals surface area contributed by atoms with Gasteiger partial charge >= 0.3 is 5.97 Å². The lowest BCUT2D eigenvalue weighted by Gasteiger charge is -2.50. The number of amides is 1. The van der Waals surface area contributed by atoms with Crippen molar-refractivity contribution in [3.8, 4) is 0 Å². The number of rotatable bonds is 2. The number of Topliss-reactive ketones (excluding diaryl/α,β-unsaturated/α-hetero) is 1. The number of nitrogens with one attached hydrogen (secondary N) is 1. The van der Waals surface area contributed by atoms with E-state index in [4.69, 9.17) is 9.47 Å². The van der Waals surface area contributed by atoms with Crippen molar-refractivity contribution in [3.05, 3.63) is 11.8 Å². The molecule has 0 aliphatic carbocycles. The Morgan fingerprint density at radius 1 is 1.41 bits per heavy atom. The van der Waals surface area contributed by atoms with Gasteiger partial charge < -0.3 is 24.4 Å². The molecule has 0 aromatic carbocycles. The number of nitrogens with zero attached hydrogens (tertiary/aromatic N) is 1.